The number of methoxy groups -OCH3 is 1. The Hall–Kier alpha value is -1.95. The van der Waals surface area contributed by atoms with Gasteiger partial charge in [0.2, 0.25) is 11.7 Å². The second kappa shape index (κ2) is 6.00. The second-order valence-electron chi connectivity index (χ2n) is 5.04. The van der Waals surface area contributed by atoms with Crippen molar-refractivity contribution < 1.29 is 13.7 Å². The maximum Gasteiger partial charge on any atom is 0.243 e. The fourth-order valence-electron chi connectivity index (χ4n) is 1.91. The topological polar surface area (TPSA) is 74.2 Å². The minimum Gasteiger partial charge on any atom is -0.497 e. The number of nitrogens with zero attached hydrogens (tertiary/aromatic N) is 2. The van der Waals surface area contributed by atoms with Crippen LogP contribution in [0.15, 0.2) is 22.7 Å². The lowest BCUT2D eigenvalue weighted by atomic mass is 10.0. The third kappa shape index (κ3) is 3.14. The summed E-state index contributed by atoms with van der Waals surface area (Å²) >= 11 is 0. The number of ether oxygens (including phenoxy) is 1. The molecule has 0 bridgehead atoms. The van der Waals surface area contributed by atoms with Crippen molar-refractivity contribution in [2.75, 3.05) is 7.11 Å². The molecular formula is C14H18FN3O2. The molecule has 0 fully saturated rings. The van der Waals surface area contributed by atoms with Crippen LogP contribution in [-0.4, -0.2) is 17.3 Å². The molecule has 0 saturated heterocycles. The molecule has 2 rings (SSSR count). The average molecular weight is 279 g/mol. The van der Waals surface area contributed by atoms with Crippen LogP contribution in [0.1, 0.15) is 32.2 Å². The summed E-state index contributed by atoms with van der Waals surface area (Å²) < 4.78 is 24.0. The standard InChI is InChI=1S/C14H18FN3O2/c1-8(2)6-12(16)14-17-13(18-20-14)10-5-4-9(19-3)7-11(10)15/h4-5,7-8,12H,6,16H2,1-3H3. The van der Waals surface area contributed by atoms with Gasteiger partial charge in [-0.2, -0.15) is 4.98 Å². The van der Waals surface area contributed by atoms with Crippen LogP contribution in [0.5, 0.6) is 5.75 Å². The Bertz CT molecular complexity index is 584. The second-order valence-corrected chi connectivity index (χ2v) is 5.04. The first-order valence-corrected chi connectivity index (χ1v) is 6.44. The summed E-state index contributed by atoms with van der Waals surface area (Å²) in [5.74, 6) is 0.905. The molecule has 1 heterocycles. The Morgan fingerprint density at radius 2 is 2.15 bits per heavy atom. The molecule has 1 atom stereocenters. The van der Waals surface area contributed by atoms with Gasteiger partial charge in [-0.15, -0.1) is 0 Å². The SMILES string of the molecule is COc1ccc(-c2noc(C(N)CC(C)C)n2)c(F)c1. The molecule has 0 aliphatic rings. The highest BCUT2D eigenvalue weighted by atomic mass is 19.1. The fourth-order valence-corrected chi connectivity index (χ4v) is 1.91. The molecule has 1 aromatic carbocycles. The molecule has 1 aromatic heterocycles. The van der Waals surface area contributed by atoms with Gasteiger partial charge in [-0.1, -0.05) is 19.0 Å². The Balaban J connectivity index is 2.24. The lowest BCUT2D eigenvalue weighted by Crippen LogP contribution is -2.13. The molecule has 2 aromatic rings. The van der Waals surface area contributed by atoms with E-state index in [0.717, 1.165) is 6.42 Å². The molecule has 5 nitrogen and oxygen atoms in total. The van der Waals surface area contributed by atoms with Crippen molar-refractivity contribution in [3.05, 3.63) is 29.9 Å². The molecule has 0 aliphatic carbocycles. The van der Waals surface area contributed by atoms with Gasteiger partial charge >= 0.3 is 0 Å². The zero-order valence-corrected chi connectivity index (χ0v) is 11.8. The smallest absolute Gasteiger partial charge is 0.243 e. The van der Waals surface area contributed by atoms with Crippen molar-refractivity contribution in [1.29, 1.82) is 0 Å². The highest BCUT2D eigenvalue weighted by Gasteiger charge is 2.18. The van der Waals surface area contributed by atoms with E-state index in [0.29, 0.717) is 17.6 Å². The van der Waals surface area contributed by atoms with Crippen molar-refractivity contribution in [3.63, 3.8) is 0 Å². The molecular weight excluding hydrogens is 261 g/mol. The Kier molecular flexibility index (Phi) is 4.34. The third-order valence-electron chi connectivity index (χ3n) is 2.90. The number of hydrogen-bond acceptors (Lipinski definition) is 5. The van der Waals surface area contributed by atoms with Gasteiger partial charge in [0, 0.05) is 6.07 Å². The minimum atomic E-state index is -0.464. The van der Waals surface area contributed by atoms with Gasteiger partial charge in [-0.25, -0.2) is 4.39 Å². The zero-order valence-electron chi connectivity index (χ0n) is 11.8. The number of benzene rings is 1. The predicted molar refractivity (Wildman–Crippen MR) is 72.6 cm³/mol. The molecule has 0 saturated carbocycles. The van der Waals surface area contributed by atoms with Crippen molar-refractivity contribution in [3.8, 4) is 17.1 Å². The van der Waals surface area contributed by atoms with Crippen LogP contribution in [0, 0.1) is 11.7 Å². The molecule has 1 unspecified atom stereocenters. The summed E-state index contributed by atoms with van der Waals surface area (Å²) in [5, 5.41) is 3.78. The summed E-state index contributed by atoms with van der Waals surface area (Å²) in [4.78, 5) is 4.17. The van der Waals surface area contributed by atoms with Crippen LogP contribution in [0.2, 0.25) is 0 Å². The third-order valence-corrected chi connectivity index (χ3v) is 2.90. The van der Waals surface area contributed by atoms with Crippen LogP contribution < -0.4 is 10.5 Å². The summed E-state index contributed by atoms with van der Waals surface area (Å²) in [6, 6.07) is 4.14. The quantitative estimate of drug-likeness (QED) is 0.910. The number of aromatic nitrogens is 2. The molecule has 0 aliphatic heterocycles. The Morgan fingerprint density at radius 3 is 2.75 bits per heavy atom. The van der Waals surface area contributed by atoms with Gasteiger partial charge < -0.3 is 15.0 Å². The van der Waals surface area contributed by atoms with Crippen LogP contribution >= 0.6 is 0 Å². The lowest BCUT2D eigenvalue weighted by Gasteiger charge is -2.08. The highest BCUT2D eigenvalue weighted by Crippen LogP contribution is 2.25. The van der Waals surface area contributed by atoms with Gasteiger partial charge in [-0.3, -0.25) is 0 Å². The number of hydrogen-bond donors (Lipinski definition) is 1. The summed E-state index contributed by atoms with van der Waals surface area (Å²) in [6.07, 6.45) is 0.729. The van der Waals surface area contributed by atoms with Crippen LogP contribution in [-0.2, 0) is 0 Å². The maximum absolute atomic E-state index is 13.9. The first-order valence-electron chi connectivity index (χ1n) is 6.44. The van der Waals surface area contributed by atoms with E-state index in [9.17, 15) is 4.39 Å². The Labute approximate surface area is 116 Å². The summed E-state index contributed by atoms with van der Waals surface area (Å²) in [6.45, 7) is 4.11. The van der Waals surface area contributed by atoms with Gasteiger partial charge in [0.05, 0.1) is 18.7 Å². The Morgan fingerprint density at radius 1 is 1.40 bits per heavy atom. The van der Waals surface area contributed by atoms with E-state index >= 15 is 0 Å². The van der Waals surface area contributed by atoms with Crippen molar-refractivity contribution >= 4 is 0 Å². The monoisotopic (exact) mass is 279 g/mol. The van der Waals surface area contributed by atoms with E-state index in [1.54, 1.807) is 12.1 Å². The molecule has 0 amide bonds. The summed E-state index contributed by atoms with van der Waals surface area (Å²) in [7, 11) is 1.48. The highest BCUT2D eigenvalue weighted by molar-refractivity contribution is 5.56. The number of nitrogens with two attached hydrogens (primary N) is 1. The van der Waals surface area contributed by atoms with Gasteiger partial charge in [0.25, 0.3) is 0 Å². The molecule has 20 heavy (non-hydrogen) atoms. The normalized spacial score (nSPS) is 12.7. The van der Waals surface area contributed by atoms with Crippen molar-refractivity contribution in [1.82, 2.24) is 10.1 Å². The minimum absolute atomic E-state index is 0.194. The predicted octanol–water partition coefficient (Wildman–Crippen LogP) is 2.93. The molecule has 0 spiro atoms. The van der Waals surface area contributed by atoms with Gasteiger partial charge in [0.15, 0.2) is 0 Å². The molecule has 6 heteroatoms. The van der Waals surface area contributed by atoms with E-state index < -0.39 is 5.82 Å². The largest absolute Gasteiger partial charge is 0.497 e. The van der Waals surface area contributed by atoms with Crippen LogP contribution in [0.3, 0.4) is 0 Å². The van der Waals surface area contributed by atoms with Gasteiger partial charge in [-0.05, 0) is 24.5 Å². The molecule has 108 valence electrons. The van der Waals surface area contributed by atoms with E-state index in [4.69, 9.17) is 15.0 Å². The maximum atomic E-state index is 13.9. The first-order chi connectivity index (χ1) is 9.51. The average Bonchev–Trinajstić information content (AvgIpc) is 2.87. The fraction of sp³-hybridized carbons (Fsp3) is 0.429. The lowest BCUT2D eigenvalue weighted by molar-refractivity contribution is 0.335. The number of halogens is 1. The van der Waals surface area contributed by atoms with Crippen LogP contribution in [0.25, 0.3) is 11.4 Å². The zero-order chi connectivity index (χ0) is 14.7. The summed E-state index contributed by atoms with van der Waals surface area (Å²) in [5.41, 5.74) is 6.22. The van der Waals surface area contributed by atoms with E-state index in [2.05, 4.69) is 24.0 Å². The van der Waals surface area contributed by atoms with Gasteiger partial charge in [0.1, 0.15) is 11.6 Å². The molecule has 2 N–H and O–H groups in total. The van der Waals surface area contributed by atoms with Crippen LogP contribution in [0.4, 0.5) is 4.39 Å². The molecule has 0 radical (unpaired) electrons. The van der Waals surface area contributed by atoms with E-state index in [-0.39, 0.29) is 17.4 Å². The van der Waals surface area contributed by atoms with E-state index in [1.165, 1.54) is 13.2 Å². The van der Waals surface area contributed by atoms with Crippen molar-refractivity contribution in [2.24, 2.45) is 11.7 Å². The van der Waals surface area contributed by atoms with E-state index in [1.807, 2.05) is 0 Å². The number of rotatable bonds is 5. The van der Waals surface area contributed by atoms with Crippen molar-refractivity contribution in [2.45, 2.75) is 26.3 Å². The first kappa shape index (κ1) is 14.5.